The Hall–Kier alpha value is -1.47. The first kappa shape index (κ1) is 49.5. The minimum atomic E-state index is -1.29. The van der Waals surface area contributed by atoms with Crippen LogP contribution in [0.3, 0.4) is 0 Å². The molecular formula is C45H85NO5. The van der Waals surface area contributed by atoms with Gasteiger partial charge >= 0.3 is 0 Å². The summed E-state index contributed by atoms with van der Waals surface area (Å²) in [7, 11) is 0. The first-order valence-electron chi connectivity index (χ1n) is 21.9. The van der Waals surface area contributed by atoms with Gasteiger partial charge in [0.2, 0.25) is 5.91 Å². The van der Waals surface area contributed by atoms with E-state index >= 15 is 0 Å². The first-order valence-corrected chi connectivity index (χ1v) is 21.9. The van der Waals surface area contributed by atoms with Gasteiger partial charge in [-0.15, -0.1) is 0 Å². The van der Waals surface area contributed by atoms with E-state index in [2.05, 4.69) is 55.6 Å². The summed E-state index contributed by atoms with van der Waals surface area (Å²) in [5.41, 5.74) is 0. The molecule has 51 heavy (non-hydrogen) atoms. The molecule has 300 valence electrons. The number of carbonyl (C=O) groups is 1. The third kappa shape index (κ3) is 34.1. The normalized spacial score (nSPS) is 14.5. The zero-order valence-corrected chi connectivity index (χ0v) is 33.6. The summed E-state index contributed by atoms with van der Waals surface area (Å²) < 4.78 is 0. The predicted molar refractivity (Wildman–Crippen MR) is 219 cm³/mol. The van der Waals surface area contributed by atoms with Crippen LogP contribution in [0.4, 0.5) is 0 Å². The third-order valence-corrected chi connectivity index (χ3v) is 10.1. The molecule has 0 heterocycles. The molecule has 0 aliphatic carbocycles. The van der Waals surface area contributed by atoms with Gasteiger partial charge in [-0.05, 0) is 77.0 Å². The third-order valence-electron chi connectivity index (χ3n) is 10.1. The van der Waals surface area contributed by atoms with Crippen molar-refractivity contribution in [3.05, 3.63) is 36.5 Å². The molecule has 0 bridgehead atoms. The van der Waals surface area contributed by atoms with Crippen LogP contribution in [0.1, 0.15) is 213 Å². The van der Waals surface area contributed by atoms with E-state index in [1.807, 2.05) is 0 Å². The number of amides is 1. The molecule has 0 aliphatic heterocycles. The van der Waals surface area contributed by atoms with E-state index < -0.39 is 36.9 Å². The van der Waals surface area contributed by atoms with Crippen molar-refractivity contribution in [3.8, 4) is 0 Å². The van der Waals surface area contributed by atoms with Gasteiger partial charge in [0.1, 0.15) is 12.2 Å². The number of aliphatic hydroxyl groups excluding tert-OH is 4. The molecule has 0 saturated heterocycles. The summed E-state index contributed by atoms with van der Waals surface area (Å²) in [5, 5.41) is 43.6. The van der Waals surface area contributed by atoms with Gasteiger partial charge in [0.25, 0.3) is 0 Å². The highest BCUT2D eigenvalue weighted by atomic mass is 16.3. The molecule has 0 fully saturated rings. The summed E-state index contributed by atoms with van der Waals surface area (Å²) in [5.74, 6) is -0.604. The standard InChI is InChI=1S/C45H85NO5/c1-3-5-7-9-11-13-15-17-19-20-21-22-23-24-25-27-28-30-32-34-36-38-42(48)44(50)41(40-47)46-45(51)43(49)39-37-35-33-31-29-26-18-16-14-12-10-8-6-4-2/h14,16,24-25,30,32,41-44,47-50H,3-13,15,17-23,26-29,31,33-40H2,1-2H3,(H,46,51)/b16-14-,25-24+,32-30+. The molecule has 6 heteroatoms. The van der Waals surface area contributed by atoms with E-state index in [1.54, 1.807) is 0 Å². The minimum Gasteiger partial charge on any atom is -0.394 e. The van der Waals surface area contributed by atoms with E-state index in [-0.39, 0.29) is 0 Å². The smallest absolute Gasteiger partial charge is 0.249 e. The summed E-state index contributed by atoms with van der Waals surface area (Å²) in [6.07, 6.45) is 46.0. The second-order valence-corrected chi connectivity index (χ2v) is 15.0. The summed E-state index contributed by atoms with van der Waals surface area (Å²) in [4.78, 5) is 12.5. The molecule has 6 nitrogen and oxygen atoms in total. The summed E-state index contributed by atoms with van der Waals surface area (Å²) >= 11 is 0. The quantitative estimate of drug-likeness (QED) is 0.0321. The lowest BCUT2D eigenvalue weighted by Gasteiger charge is -2.27. The van der Waals surface area contributed by atoms with Crippen molar-refractivity contribution in [2.45, 2.75) is 237 Å². The lowest BCUT2D eigenvalue weighted by molar-refractivity contribution is -0.132. The van der Waals surface area contributed by atoms with E-state index in [0.717, 1.165) is 51.4 Å². The monoisotopic (exact) mass is 720 g/mol. The summed E-state index contributed by atoms with van der Waals surface area (Å²) in [6, 6.07) is -1.01. The van der Waals surface area contributed by atoms with E-state index in [9.17, 15) is 25.2 Å². The molecule has 0 spiro atoms. The molecule has 0 saturated carbocycles. The first-order chi connectivity index (χ1) is 25.0. The fourth-order valence-corrected chi connectivity index (χ4v) is 6.53. The van der Waals surface area contributed by atoms with Crippen LogP contribution >= 0.6 is 0 Å². The molecule has 0 radical (unpaired) electrons. The number of rotatable bonds is 39. The Kier molecular flexibility index (Phi) is 38.6. The molecule has 5 N–H and O–H groups in total. The molecule has 1 amide bonds. The van der Waals surface area contributed by atoms with Gasteiger partial charge in [-0.3, -0.25) is 4.79 Å². The average molecular weight is 720 g/mol. The molecule has 0 aromatic carbocycles. The Morgan fingerprint density at radius 2 is 0.824 bits per heavy atom. The van der Waals surface area contributed by atoms with E-state index in [1.165, 1.54) is 128 Å². The van der Waals surface area contributed by atoms with Crippen molar-refractivity contribution in [1.82, 2.24) is 5.32 Å². The van der Waals surface area contributed by atoms with Gasteiger partial charge in [-0.25, -0.2) is 0 Å². The number of aliphatic hydroxyl groups is 4. The van der Waals surface area contributed by atoms with Gasteiger partial charge in [0.05, 0.1) is 18.8 Å². The number of carbonyl (C=O) groups excluding carboxylic acids is 1. The molecule has 0 rings (SSSR count). The molecular weight excluding hydrogens is 634 g/mol. The Morgan fingerprint density at radius 3 is 1.25 bits per heavy atom. The zero-order chi connectivity index (χ0) is 37.5. The largest absolute Gasteiger partial charge is 0.394 e. The Balaban J connectivity index is 3.81. The van der Waals surface area contributed by atoms with Gasteiger partial charge < -0.3 is 25.7 Å². The van der Waals surface area contributed by atoms with Crippen LogP contribution < -0.4 is 5.32 Å². The van der Waals surface area contributed by atoms with Crippen LogP contribution in [-0.2, 0) is 4.79 Å². The maximum atomic E-state index is 12.5. The predicted octanol–water partition coefficient (Wildman–Crippen LogP) is 11.3. The highest BCUT2D eigenvalue weighted by Crippen LogP contribution is 2.15. The zero-order valence-electron chi connectivity index (χ0n) is 33.6. The van der Waals surface area contributed by atoms with E-state index in [4.69, 9.17) is 0 Å². The number of nitrogens with one attached hydrogen (secondary N) is 1. The molecule has 0 aromatic rings. The fraction of sp³-hybridized carbons (Fsp3) is 0.844. The van der Waals surface area contributed by atoms with Crippen molar-refractivity contribution < 1.29 is 25.2 Å². The van der Waals surface area contributed by atoms with Crippen molar-refractivity contribution in [2.24, 2.45) is 0 Å². The maximum Gasteiger partial charge on any atom is 0.249 e. The van der Waals surface area contributed by atoms with Crippen molar-refractivity contribution in [3.63, 3.8) is 0 Å². The number of hydrogen-bond acceptors (Lipinski definition) is 5. The highest BCUT2D eigenvalue weighted by Gasteiger charge is 2.28. The van der Waals surface area contributed by atoms with Crippen LogP contribution in [0.2, 0.25) is 0 Å². The fourth-order valence-electron chi connectivity index (χ4n) is 6.53. The van der Waals surface area contributed by atoms with Gasteiger partial charge in [-0.1, -0.05) is 172 Å². The van der Waals surface area contributed by atoms with Crippen molar-refractivity contribution in [1.29, 1.82) is 0 Å². The molecule has 4 atom stereocenters. The second-order valence-electron chi connectivity index (χ2n) is 15.0. The number of unbranched alkanes of at least 4 members (excludes halogenated alkanes) is 24. The minimum absolute atomic E-state index is 0.352. The van der Waals surface area contributed by atoms with E-state index in [0.29, 0.717) is 19.3 Å². The highest BCUT2D eigenvalue weighted by molar-refractivity contribution is 5.80. The number of allylic oxidation sites excluding steroid dienone is 6. The topological polar surface area (TPSA) is 110 Å². The lowest BCUT2D eigenvalue weighted by atomic mass is 10.00. The number of hydrogen-bond donors (Lipinski definition) is 5. The Labute approximate surface area is 316 Å². The second kappa shape index (κ2) is 39.7. The summed E-state index contributed by atoms with van der Waals surface area (Å²) in [6.45, 7) is 4.01. The van der Waals surface area contributed by atoms with Crippen LogP contribution in [0.5, 0.6) is 0 Å². The Morgan fingerprint density at radius 1 is 0.471 bits per heavy atom. The molecule has 4 unspecified atom stereocenters. The van der Waals surface area contributed by atoms with Crippen LogP contribution in [0, 0.1) is 0 Å². The van der Waals surface area contributed by atoms with Crippen LogP contribution in [0.25, 0.3) is 0 Å². The van der Waals surface area contributed by atoms with Gasteiger partial charge in [0.15, 0.2) is 0 Å². The lowest BCUT2D eigenvalue weighted by Crippen LogP contribution is -2.53. The van der Waals surface area contributed by atoms with Crippen molar-refractivity contribution in [2.75, 3.05) is 6.61 Å². The maximum absolute atomic E-state index is 12.5. The van der Waals surface area contributed by atoms with Crippen LogP contribution in [0.15, 0.2) is 36.5 Å². The Bertz CT molecular complexity index is 812. The van der Waals surface area contributed by atoms with Crippen molar-refractivity contribution >= 4 is 5.91 Å². The van der Waals surface area contributed by atoms with Crippen LogP contribution in [-0.4, -0.2) is 57.3 Å². The SMILES string of the molecule is CCCCCC/C=C\CCCCCCCCC(O)C(=O)NC(CO)C(O)C(O)CCC/C=C/CC/C=C/CCCCCCCCCCCCCC. The average Bonchev–Trinajstić information content (AvgIpc) is 3.13. The molecule has 0 aromatic heterocycles. The van der Waals surface area contributed by atoms with Gasteiger partial charge in [-0.2, -0.15) is 0 Å². The molecule has 0 aliphatic rings. The van der Waals surface area contributed by atoms with Gasteiger partial charge in [0, 0.05) is 0 Å².